The molecule has 1 aliphatic heterocycles. The van der Waals surface area contributed by atoms with Crippen molar-refractivity contribution in [3.05, 3.63) is 29.6 Å². The van der Waals surface area contributed by atoms with E-state index in [-0.39, 0.29) is 11.9 Å². The minimum atomic E-state index is -0.360. The summed E-state index contributed by atoms with van der Waals surface area (Å²) in [5, 5.41) is 0. The second-order valence-electron chi connectivity index (χ2n) is 5.42. The van der Waals surface area contributed by atoms with Crippen molar-refractivity contribution in [3.8, 4) is 5.75 Å². The summed E-state index contributed by atoms with van der Waals surface area (Å²) >= 11 is 0. The van der Waals surface area contributed by atoms with E-state index in [1.807, 2.05) is 0 Å². The molecule has 1 aliphatic rings. The molecule has 2 atom stereocenters. The Morgan fingerprint density at radius 3 is 3.05 bits per heavy atom. The highest BCUT2D eigenvalue weighted by atomic mass is 19.1. The molecule has 2 rings (SSSR count). The topological polar surface area (TPSA) is 47.7 Å². The van der Waals surface area contributed by atoms with Crippen molar-refractivity contribution in [2.24, 2.45) is 5.73 Å². The third kappa shape index (κ3) is 3.93. The first-order valence-corrected chi connectivity index (χ1v) is 7.57. The van der Waals surface area contributed by atoms with Gasteiger partial charge in [0.2, 0.25) is 0 Å². The third-order valence-electron chi connectivity index (χ3n) is 4.15. The Labute approximate surface area is 126 Å². The Morgan fingerprint density at radius 1 is 1.52 bits per heavy atom. The van der Waals surface area contributed by atoms with Crippen molar-refractivity contribution in [2.45, 2.75) is 31.8 Å². The van der Waals surface area contributed by atoms with E-state index >= 15 is 0 Å². The second kappa shape index (κ2) is 7.73. The van der Waals surface area contributed by atoms with Crippen LogP contribution in [0.1, 0.15) is 31.4 Å². The molecule has 1 saturated heterocycles. The molecule has 2 unspecified atom stereocenters. The van der Waals surface area contributed by atoms with Gasteiger partial charge in [-0.1, -0.05) is 13.0 Å². The van der Waals surface area contributed by atoms with Gasteiger partial charge in [-0.25, -0.2) is 4.39 Å². The van der Waals surface area contributed by atoms with Gasteiger partial charge < -0.3 is 15.2 Å². The Hall–Kier alpha value is -1.17. The lowest BCUT2D eigenvalue weighted by atomic mass is 10.0. The number of halogens is 1. The zero-order valence-electron chi connectivity index (χ0n) is 12.8. The fourth-order valence-corrected chi connectivity index (χ4v) is 2.86. The van der Waals surface area contributed by atoms with Crippen molar-refractivity contribution in [1.82, 2.24) is 4.90 Å². The highest BCUT2D eigenvalue weighted by molar-refractivity contribution is 5.37. The third-order valence-corrected chi connectivity index (χ3v) is 4.15. The summed E-state index contributed by atoms with van der Waals surface area (Å²) in [5.41, 5.74) is 6.67. The maximum Gasteiger partial charge on any atom is 0.131 e. The maximum atomic E-state index is 14.0. The first-order chi connectivity index (χ1) is 10.2. The van der Waals surface area contributed by atoms with Gasteiger partial charge in [-0.2, -0.15) is 0 Å². The number of rotatable bonds is 6. The van der Waals surface area contributed by atoms with Gasteiger partial charge in [0.15, 0.2) is 0 Å². The van der Waals surface area contributed by atoms with Crippen molar-refractivity contribution < 1.29 is 13.9 Å². The van der Waals surface area contributed by atoms with E-state index < -0.39 is 0 Å². The number of nitrogens with two attached hydrogens (primary N) is 1. The molecule has 0 saturated carbocycles. The standard InChI is InChI=1S/C16H25FN2O2/c1-3-12-11-21-10-9-19(12)8-7-14(18)16-13(17)5-4-6-15(16)20-2/h4-6,12,14H,3,7-11,18H2,1-2H3. The van der Waals surface area contributed by atoms with E-state index in [4.69, 9.17) is 15.2 Å². The molecular weight excluding hydrogens is 271 g/mol. The summed E-state index contributed by atoms with van der Waals surface area (Å²) in [6.45, 7) is 5.45. The van der Waals surface area contributed by atoms with Gasteiger partial charge in [-0.05, 0) is 25.0 Å². The van der Waals surface area contributed by atoms with Crippen LogP contribution in [0.25, 0.3) is 0 Å². The molecular formula is C16H25FN2O2. The first kappa shape index (κ1) is 16.2. The van der Waals surface area contributed by atoms with Gasteiger partial charge in [0.05, 0.1) is 20.3 Å². The van der Waals surface area contributed by atoms with Crippen LogP contribution in [-0.4, -0.2) is 44.4 Å². The summed E-state index contributed by atoms with van der Waals surface area (Å²) in [6.07, 6.45) is 1.76. The van der Waals surface area contributed by atoms with E-state index in [2.05, 4.69) is 11.8 Å². The van der Waals surface area contributed by atoms with Crippen LogP contribution in [0.15, 0.2) is 18.2 Å². The van der Waals surface area contributed by atoms with E-state index in [0.717, 1.165) is 32.7 Å². The van der Waals surface area contributed by atoms with Gasteiger partial charge in [-0.3, -0.25) is 4.90 Å². The lowest BCUT2D eigenvalue weighted by molar-refractivity contribution is -0.00969. The van der Waals surface area contributed by atoms with E-state index in [9.17, 15) is 4.39 Å². The minimum absolute atomic E-state index is 0.295. The zero-order chi connectivity index (χ0) is 15.2. The van der Waals surface area contributed by atoms with Gasteiger partial charge in [0, 0.05) is 30.7 Å². The predicted octanol–water partition coefficient (Wildman–Crippen LogP) is 2.33. The second-order valence-corrected chi connectivity index (χ2v) is 5.42. The first-order valence-electron chi connectivity index (χ1n) is 7.57. The van der Waals surface area contributed by atoms with Crippen LogP contribution < -0.4 is 10.5 Å². The molecule has 0 aromatic heterocycles. The van der Waals surface area contributed by atoms with Crippen molar-refractivity contribution in [1.29, 1.82) is 0 Å². The molecule has 1 aromatic carbocycles. The lowest BCUT2D eigenvalue weighted by Gasteiger charge is -2.35. The number of hydrogen-bond donors (Lipinski definition) is 1. The van der Waals surface area contributed by atoms with E-state index in [0.29, 0.717) is 23.8 Å². The molecule has 0 radical (unpaired) electrons. The largest absolute Gasteiger partial charge is 0.496 e. The monoisotopic (exact) mass is 296 g/mol. The molecule has 1 aromatic rings. The molecule has 1 fully saturated rings. The number of benzene rings is 1. The molecule has 0 amide bonds. The van der Waals surface area contributed by atoms with Crippen LogP contribution in [-0.2, 0) is 4.74 Å². The Kier molecular flexibility index (Phi) is 5.96. The Balaban J connectivity index is 2.00. The molecule has 1 heterocycles. The SMILES string of the molecule is CCC1COCCN1CCC(N)c1c(F)cccc1OC. The van der Waals surface area contributed by atoms with Gasteiger partial charge in [0.25, 0.3) is 0 Å². The maximum absolute atomic E-state index is 14.0. The van der Waals surface area contributed by atoms with Crippen LogP contribution in [0, 0.1) is 5.82 Å². The molecule has 118 valence electrons. The molecule has 5 heteroatoms. The fourth-order valence-electron chi connectivity index (χ4n) is 2.86. The zero-order valence-corrected chi connectivity index (χ0v) is 12.8. The van der Waals surface area contributed by atoms with Gasteiger partial charge in [-0.15, -0.1) is 0 Å². The Morgan fingerprint density at radius 2 is 2.33 bits per heavy atom. The van der Waals surface area contributed by atoms with Crippen LogP contribution >= 0.6 is 0 Å². The lowest BCUT2D eigenvalue weighted by Crippen LogP contribution is -2.45. The quantitative estimate of drug-likeness (QED) is 0.875. The minimum Gasteiger partial charge on any atom is -0.496 e. The summed E-state index contributed by atoms with van der Waals surface area (Å²) in [4.78, 5) is 2.39. The molecule has 0 bridgehead atoms. The number of nitrogens with zero attached hydrogens (tertiary/aromatic N) is 1. The average molecular weight is 296 g/mol. The summed E-state index contributed by atoms with van der Waals surface area (Å²) in [7, 11) is 1.54. The Bertz CT molecular complexity index is 456. The van der Waals surface area contributed by atoms with Crippen LogP contribution in [0.3, 0.4) is 0 Å². The molecule has 21 heavy (non-hydrogen) atoms. The van der Waals surface area contributed by atoms with Gasteiger partial charge in [0.1, 0.15) is 11.6 Å². The van der Waals surface area contributed by atoms with E-state index in [1.54, 1.807) is 19.2 Å². The van der Waals surface area contributed by atoms with Crippen molar-refractivity contribution in [2.75, 3.05) is 33.4 Å². The molecule has 2 N–H and O–H groups in total. The molecule has 4 nitrogen and oxygen atoms in total. The van der Waals surface area contributed by atoms with E-state index in [1.165, 1.54) is 6.07 Å². The highest BCUT2D eigenvalue weighted by Gasteiger charge is 2.23. The van der Waals surface area contributed by atoms with Crippen molar-refractivity contribution >= 4 is 0 Å². The number of morpholine rings is 1. The number of ether oxygens (including phenoxy) is 2. The highest BCUT2D eigenvalue weighted by Crippen LogP contribution is 2.28. The fraction of sp³-hybridized carbons (Fsp3) is 0.625. The summed E-state index contributed by atoms with van der Waals surface area (Å²) < 4.78 is 24.7. The van der Waals surface area contributed by atoms with Crippen LogP contribution in [0.5, 0.6) is 5.75 Å². The van der Waals surface area contributed by atoms with Crippen LogP contribution in [0.2, 0.25) is 0 Å². The number of hydrogen-bond acceptors (Lipinski definition) is 4. The summed E-state index contributed by atoms with van der Waals surface area (Å²) in [5.74, 6) is 0.229. The predicted molar refractivity (Wildman–Crippen MR) is 81.0 cm³/mol. The smallest absolute Gasteiger partial charge is 0.131 e. The molecule has 0 spiro atoms. The molecule has 0 aliphatic carbocycles. The van der Waals surface area contributed by atoms with Crippen LogP contribution in [0.4, 0.5) is 4.39 Å². The average Bonchev–Trinajstić information content (AvgIpc) is 2.52. The van der Waals surface area contributed by atoms with Gasteiger partial charge >= 0.3 is 0 Å². The normalized spacial score (nSPS) is 21.2. The number of methoxy groups -OCH3 is 1. The summed E-state index contributed by atoms with van der Waals surface area (Å²) in [6, 6.07) is 4.90. The van der Waals surface area contributed by atoms with Crippen molar-refractivity contribution in [3.63, 3.8) is 0 Å².